The molecular formula is C11H14BClFNO2. The van der Waals surface area contributed by atoms with Crippen LogP contribution in [0.5, 0.6) is 0 Å². The van der Waals surface area contributed by atoms with Crippen molar-refractivity contribution in [2.45, 2.75) is 38.9 Å². The molecule has 2 rings (SSSR count). The maximum atomic E-state index is 13.2. The predicted octanol–water partition coefficient (Wildman–Crippen LogP) is 2.17. The lowest BCUT2D eigenvalue weighted by Crippen LogP contribution is -2.41. The van der Waals surface area contributed by atoms with Crippen molar-refractivity contribution in [2.24, 2.45) is 0 Å². The maximum absolute atomic E-state index is 13.2. The first-order chi connectivity index (χ1) is 7.71. The van der Waals surface area contributed by atoms with Crippen molar-refractivity contribution in [2.75, 3.05) is 0 Å². The van der Waals surface area contributed by atoms with Gasteiger partial charge in [-0.3, -0.25) is 0 Å². The van der Waals surface area contributed by atoms with Gasteiger partial charge in [-0.1, -0.05) is 11.6 Å². The summed E-state index contributed by atoms with van der Waals surface area (Å²) in [6.45, 7) is 7.70. The standard InChI is InChI=1S/C11H14BClFNO2/c1-10(2)11(3,4)17-12(16-10)8-5-7(13)6-9(14)15-8/h5-6H,1-4H3. The summed E-state index contributed by atoms with van der Waals surface area (Å²) in [5.74, 6) is -0.637. The molecular weight excluding hydrogens is 243 g/mol. The van der Waals surface area contributed by atoms with Crippen molar-refractivity contribution in [3.63, 3.8) is 0 Å². The lowest BCUT2D eigenvalue weighted by atomic mass is 9.84. The third-order valence-corrected chi connectivity index (χ3v) is 3.49. The molecule has 0 radical (unpaired) electrons. The van der Waals surface area contributed by atoms with Gasteiger partial charge < -0.3 is 9.31 Å². The van der Waals surface area contributed by atoms with Crippen LogP contribution in [0.3, 0.4) is 0 Å². The van der Waals surface area contributed by atoms with Crippen LogP contribution in [0.1, 0.15) is 27.7 Å². The highest BCUT2D eigenvalue weighted by atomic mass is 35.5. The topological polar surface area (TPSA) is 31.4 Å². The molecule has 0 N–H and O–H groups in total. The molecule has 2 heterocycles. The van der Waals surface area contributed by atoms with Crippen LogP contribution in [0.15, 0.2) is 12.1 Å². The second kappa shape index (κ2) is 3.94. The zero-order chi connectivity index (χ0) is 12.8. The molecule has 17 heavy (non-hydrogen) atoms. The van der Waals surface area contributed by atoms with Gasteiger partial charge in [0.15, 0.2) is 0 Å². The number of nitrogens with zero attached hydrogens (tertiary/aromatic N) is 1. The molecule has 0 aliphatic carbocycles. The van der Waals surface area contributed by atoms with E-state index in [1.165, 1.54) is 0 Å². The van der Waals surface area contributed by atoms with Gasteiger partial charge in [-0.15, -0.1) is 0 Å². The van der Waals surface area contributed by atoms with Crippen LogP contribution >= 0.6 is 11.6 Å². The molecule has 1 aliphatic rings. The molecule has 1 aromatic rings. The SMILES string of the molecule is CC1(C)OB(c2cc(Cl)cc(F)n2)OC1(C)C. The van der Waals surface area contributed by atoms with Gasteiger partial charge in [0.1, 0.15) is 0 Å². The third-order valence-electron chi connectivity index (χ3n) is 3.27. The first-order valence-electron chi connectivity index (χ1n) is 5.40. The Morgan fingerprint density at radius 2 is 1.71 bits per heavy atom. The number of hydrogen-bond acceptors (Lipinski definition) is 3. The Morgan fingerprint density at radius 3 is 2.18 bits per heavy atom. The van der Waals surface area contributed by atoms with Gasteiger partial charge in [0, 0.05) is 11.1 Å². The summed E-state index contributed by atoms with van der Waals surface area (Å²) in [7, 11) is -0.687. The van der Waals surface area contributed by atoms with E-state index in [0.717, 1.165) is 6.07 Å². The zero-order valence-corrected chi connectivity index (χ0v) is 11.0. The highest BCUT2D eigenvalue weighted by Crippen LogP contribution is 2.36. The average Bonchev–Trinajstić information content (AvgIpc) is 2.34. The number of halogens is 2. The number of pyridine rings is 1. The van der Waals surface area contributed by atoms with Gasteiger partial charge in [-0.25, -0.2) is 4.98 Å². The minimum absolute atomic E-state index is 0.280. The second-order valence-corrected chi connectivity index (χ2v) is 5.56. The lowest BCUT2D eigenvalue weighted by molar-refractivity contribution is 0.00578. The largest absolute Gasteiger partial charge is 0.514 e. The molecule has 0 saturated carbocycles. The Labute approximate surface area is 105 Å². The summed E-state index contributed by atoms with van der Waals surface area (Å²) < 4.78 is 24.7. The van der Waals surface area contributed by atoms with Gasteiger partial charge in [0.2, 0.25) is 5.95 Å². The summed E-state index contributed by atoms with van der Waals surface area (Å²) in [6, 6.07) is 2.70. The first-order valence-corrected chi connectivity index (χ1v) is 5.78. The number of aromatic nitrogens is 1. The highest BCUT2D eigenvalue weighted by Gasteiger charge is 2.52. The zero-order valence-electron chi connectivity index (χ0n) is 10.3. The number of rotatable bonds is 1. The molecule has 6 heteroatoms. The molecule has 0 atom stereocenters. The average molecular weight is 258 g/mol. The summed E-state index contributed by atoms with van der Waals surface area (Å²) in [5.41, 5.74) is -0.593. The van der Waals surface area contributed by atoms with Crippen molar-refractivity contribution in [1.82, 2.24) is 4.98 Å². The van der Waals surface area contributed by atoms with E-state index >= 15 is 0 Å². The molecule has 3 nitrogen and oxygen atoms in total. The highest BCUT2D eigenvalue weighted by molar-refractivity contribution is 6.61. The normalized spacial score (nSPS) is 21.9. The Morgan fingerprint density at radius 1 is 1.18 bits per heavy atom. The van der Waals surface area contributed by atoms with Crippen molar-refractivity contribution < 1.29 is 13.7 Å². The summed E-state index contributed by atoms with van der Waals surface area (Å²) in [5, 5.41) is 0.280. The third kappa shape index (κ3) is 2.32. The minimum Gasteiger partial charge on any atom is -0.398 e. The minimum atomic E-state index is -0.687. The van der Waals surface area contributed by atoms with Gasteiger partial charge in [-0.2, -0.15) is 4.39 Å². The second-order valence-electron chi connectivity index (χ2n) is 5.12. The van der Waals surface area contributed by atoms with Gasteiger partial charge in [0.25, 0.3) is 0 Å². The smallest absolute Gasteiger partial charge is 0.398 e. The van der Waals surface area contributed by atoms with E-state index in [1.54, 1.807) is 6.07 Å². The first kappa shape index (κ1) is 12.8. The van der Waals surface area contributed by atoms with Crippen LogP contribution in [0.25, 0.3) is 0 Å². The molecule has 1 aliphatic heterocycles. The van der Waals surface area contributed by atoms with Crippen LogP contribution in [0.2, 0.25) is 5.02 Å². The lowest BCUT2D eigenvalue weighted by Gasteiger charge is -2.32. The molecule has 0 unspecified atom stereocenters. The van der Waals surface area contributed by atoms with E-state index in [0.29, 0.717) is 5.59 Å². The monoisotopic (exact) mass is 257 g/mol. The van der Waals surface area contributed by atoms with Gasteiger partial charge in [0.05, 0.1) is 16.8 Å². The van der Waals surface area contributed by atoms with E-state index < -0.39 is 24.3 Å². The van der Waals surface area contributed by atoms with Crippen LogP contribution in [-0.4, -0.2) is 23.3 Å². The fourth-order valence-electron chi connectivity index (χ4n) is 1.57. The van der Waals surface area contributed by atoms with E-state index in [9.17, 15) is 4.39 Å². The molecule has 92 valence electrons. The van der Waals surface area contributed by atoms with Crippen LogP contribution < -0.4 is 5.59 Å². The predicted molar refractivity (Wildman–Crippen MR) is 64.9 cm³/mol. The Kier molecular flexibility index (Phi) is 2.96. The number of hydrogen-bond donors (Lipinski definition) is 0. The van der Waals surface area contributed by atoms with E-state index in [4.69, 9.17) is 20.9 Å². The van der Waals surface area contributed by atoms with Crippen LogP contribution in [0.4, 0.5) is 4.39 Å². The van der Waals surface area contributed by atoms with E-state index in [1.807, 2.05) is 27.7 Å². The quantitative estimate of drug-likeness (QED) is 0.571. The van der Waals surface area contributed by atoms with Gasteiger partial charge >= 0.3 is 7.12 Å². The van der Waals surface area contributed by atoms with Gasteiger partial charge in [-0.05, 0) is 33.8 Å². The Bertz CT molecular complexity index is 417. The molecule has 0 amide bonds. The summed E-state index contributed by atoms with van der Waals surface area (Å²) in [6.07, 6.45) is 0. The Hall–Kier alpha value is -0.645. The van der Waals surface area contributed by atoms with E-state index in [-0.39, 0.29) is 5.02 Å². The molecule has 0 bridgehead atoms. The van der Waals surface area contributed by atoms with Crippen molar-refractivity contribution in [3.8, 4) is 0 Å². The van der Waals surface area contributed by atoms with Crippen LogP contribution in [-0.2, 0) is 9.31 Å². The molecule has 1 aromatic heterocycles. The summed E-state index contributed by atoms with van der Waals surface area (Å²) in [4.78, 5) is 3.75. The Balaban J connectivity index is 2.32. The fourth-order valence-corrected chi connectivity index (χ4v) is 1.77. The molecule has 0 spiro atoms. The molecule has 1 saturated heterocycles. The summed E-state index contributed by atoms with van der Waals surface area (Å²) >= 11 is 5.78. The van der Waals surface area contributed by atoms with Crippen molar-refractivity contribution in [3.05, 3.63) is 23.1 Å². The fraction of sp³-hybridized carbons (Fsp3) is 0.545. The molecule has 1 fully saturated rings. The molecule has 0 aromatic carbocycles. The van der Waals surface area contributed by atoms with E-state index in [2.05, 4.69) is 4.98 Å². The van der Waals surface area contributed by atoms with Crippen LogP contribution in [0, 0.1) is 5.95 Å². The van der Waals surface area contributed by atoms with Crippen molar-refractivity contribution in [1.29, 1.82) is 0 Å². The maximum Gasteiger partial charge on any atom is 0.514 e. The van der Waals surface area contributed by atoms with Crippen molar-refractivity contribution >= 4 is 24.3 Å².